The van der Waals surface area contributed by atoms with Gasteiger partial charge in [0.2, 0.25) is 5.16 Å². The van der Waals surface area contributed by atoms with Crippen molar-refractivity contribution in [2.75, 3.05) is 0 Å². The standard InChI is InChI=1S/C23H19ClN4OS/c1-14-3-2-4-15(9-14)13-30-23-26-22-25-20-10-17(16-5-7-18(24)8-6-16)11-21(29)19(20)12-28(22)27-23/h2-9,12,17H,10-11,13H2,1H3/t17-/m1/s1. The number of fused-ring (bicyclic) bond motifs is 2. The zero-order valence-electron chi connectivity index (χ0n) is 16.4. The molecule has 0 N–H and O–H groups in total. The van der Waals surface area contributed by atoms with Crippen LogP contribution in [0.4, 0.5) is 0 Å². The number of nitrogens with zero attached hydrogens (tertiary/aromatic N) is 4. The third-order valence-corrected chi connectivity index (χ3v) is 6.52. The fourth-order valence-corrected chi connectivity index (χ4v) is 4.74. The van der Waals surface area contributed by atoms with Gasteiger partial charge in [-0.15, -0.1) is 5.10 Å². The number of thioether (sulfide) groups is 1. The van der Waals surface area contributed by atoms with Gasteiger partial charge in [0, 0.05) is 23.4 Å². The number of aryl methyl sites for hydroxylation is 1. The van der Waals surface area contributed by atoms with Crippen LogP contribution in [0, 0.1) is 6.92 Å². The summed E-state index contributed by atoms with van der Waals surface area (Å²) < 4.78 is 1.62. The maximum absolute atomic E-state index is 12.8. The van der Waals surface area contributed by atoms with E-state index < -0.39 is 0 Å². The van der Waals surface area contributed by atoms with Gasteiger partial charge in [0.25, 0.3) is 5.78 Å². The average Bonchev–Trinajstić information content (AvgIpc) is 3.13. The van der Waals surface area contributed by atoms with Gasteiger partial charge in [-0.05, 0) is 42.5 Å². The van der Waals surface area contributed by atoms with E-state index in [2.05, 4.69) is 46.3 Å². The lowest BCUT2D eigenvalue weighted by Gasteiger charge is -2.23. The normalized spacial score (nSPS) is 16.1. The van der Waals surface area contributed by atoms with E-state index in [4.69, 9.17) is 11.6 Å². The lowest BCUT2D eigenvalue weighted by molar-refractivity contribution is 0.0962. The quantitative estimate of drug-likeness (QED) is 0.408. The van der Waals surface area contributed by atoms with Gasteiger partial charge in [0.1, 0.15) is 0 Å². The number of Topliss-reactive ketones (excluding diaryl/α,β-unsaturated/α-hetero) is 1. The number of halogens is 1. The second-order valence-electron chi connectivity index (χ2n) is 7.60. The third-order valence-electron chi connectivity index (χ3n) is 5.35. The van der Waals surface area contributed by atoms with Gasteiger partial charge in [0.05, 0.1) is 11.3 Å². The lowest BCUT2D eigenvalue weighted by atomic mass is 9.82. The molecular weight excluding hydrogens is 416 g/mol. The Balaban J connectivity index is 1.40. The number of carbonyl (C=O) groups is 1. The summed E-state index contributed by atoms with van der Waals surface area (Å²) in [5.41, 5.74) is 5.01. The molecule has 1 atom stereocenters. The maximum Gasteiger partial charge on any atom is 0.253 e. The van der Waals surface area contributed by atoms with Gasteiger partial charge < -0.3 is 0 Å². The van der Waals surface area contributed by atoms with Crippen LogP contribution in [-0.4, -0.2) is 25.4 Å². The minimum absolute atomic E-state index is 0.0927. The van der Waals surface area contributed by atoms with Crippen molar-refractivity contribution in [3.63, 3.8) is 0 Å². The average molecular weight is 435 g/mol. The Morgan fingerprint density at radius 2 is 1.97 bits per heavy atom. The molecule has 2 aromatic carbocycles. The highest BCUT2D eigenvalue weighted by Crippen LogP contribution is 2.32. The maximum atomic E-state index is 12.8. The topological polar surface area (TPSA) is 60.1 Å². The number of rotatable bonds is 4. The number of aromatic nitrogens is 4. The molecule has 0 amide bonds. The molecule has 0 saturated carbocycles. The largest absolute Gasteiger partial charge is 0.294 e. The molecule has 2 heterocycles. The van der Waals surface area contributed by atoms with Gasteiger partial charge in [-0.3, -0.25) is 4.79 Å². The molecular formula is C23H19ClN4OS. The Kier molecular flexibility index (Phi) is 5.05. The monoisotopic (exact) mass is 434 g/mol. The van der Waals surface area contributed by atoms with E-state index in [1.807, 2.05) is 24.3 Å². The van der Waals surface area contributed by atoms with E-state index in [0.29, 0.717) is 34.4 Å². The Labute approximate surface area is 183 Å². The highest BCUT2D eigenvalue weighted by atomic mass is 35.5. The van der Waals surface area contributed by atoms with Crippen LogP contribution in [-0.2, 0) is 12.2 Å². The number of carbonyl (C=O) groups excluding carboxylic acids is 1. The SMILES string of the molecule is Cc1cccc(CSc2nc3nc4c(cn3n2)C(=O)C[C@H](c2ccc(Cl)cc2)C4)c1. The first-order valence-corrected chi connectivity index (χ1v) is 11.1. The van der Waals surface area contributed by atoms with E-state index >= 15 is 0 Å². The molecule has 0 aliphatic heterocycles. The van der Waals surface area contributed by atoms with Crippen LogP contribution in [0.25, 0.3) is 5.78 Å². The van der Waals surface area contributed by atoms with Crippen LogP contribution in [0.3, 0.4) is 0 Å². The smallest absolute Gasteiger partial charge is 0.253 e. The molecule has 150 valence electrons. The molecule has 1 aliphatic rings. The highest BCUT2D eigenvalue weighted by Gasteiger charge is 2.28. The molecule has 0 fully saturated rings. The second kappa shape index (κ2) is 7.85. The van der Waals surface area contributed by atoms with Crippen LogP contribution in [0.15, 0.2) is 59.9 Å². The van der Waals surface area contributed by atoms with Crippen molar-refractivity contribution in [3.05, 3.63) is 87.7 Å². The van der Waals surface area contributed by atoms with E-state index in [9.17, 15) is 4.79 Å². The molecule has 1 aliphatic carbocycles. The van der Waals surface area contributed by atoms with Gasteiger partial charge >= 0.3 is 0 Å². The molecule has 5 nitrogen and oxygen atoms in total. The Hall–Kier alpha value is -2.70. The predicted octanol–water partition coefficient (Wildman–Crippen LogP) is 5.29. The molecule has 30 heavy (non-hydrogen) atoms. The van der Waals surface area contributed by atoms with Crippen LogP contribution >= 0.6 is 23.4 Å². The fourth-order valence-electron chi connectivity index (χ4n) is 3.85. The molecule has 5 rings (SSSR count). The zero-order valence-corrected chi connectivity index (χ0v) is 18.0. The number of ketones is 1. The molecule has 2 aromatic heterocycles. The van der Waals surface area contributed by atoms with Gasteiger partial charge in [-0.25, -0.2) is 9.50 Å². The summed E-state index contributed by atoms with van der Waals surface area (Å²) in [7, 11) is 0. The van der Waals surface area contributed by atoms with Crippen molar-refractivity contribution in [2.45, 2.75) is 36.6 Å². The summed E-state index contributed by atoms with van der Waals surface area (Å²) >= 11 is 7.57. The molecule has 7 heteroatoms. The summed E-state index contributed by atoms with van der Waals surface area (Å²) in [5.74, 6) is 1.52. The molecule has 0 bridgehead atoms. The minimum atomic E-state index is 0.0927. The lowest BCUT2D eigenvalue weighted by Crippen LogP contribution is -2.21. The van der Waals surface area contributed by atoms with E-state index in [1.165, 1.54) is 11.1 Å². The van der Waals surface area contributed by atoms with Crippen molar-refractivity contribution >= 4 is 34.9 Å². The molecule has 0 spiro atoms. The van der Waals surface area contributed by atoms with E-state index in [-0.39, 0.29) is 11.7 Å². The Morgan fingerprint density at radius 1 is 1.13 bits per heavy atom. The van der Waals surface area contributed by atoms with E-state index in [0.717, 1.165) is 17.0 Å². The summed E-state index contributed by atoms with van der Waals surface area (Å²) in [6, 6.07) is 16.1. The number of hydrogen-bond donors (Lipinski definition) is 0. The van der Waals surface area contributed by atoms with Gasteiger partial charge in [0.15, 0.2) is 5.78 Å². The molecule has 4 aromatic rings. The molecule has 0 saturated heterocycles. The summed E-state index contributed by atoms with van der Waals surface area (Å²) in [5, 5.41) is 5.87. The van der Waals surface area contributed by atoms with Crippen molar-refractivity contribution in [1.29, 1.82) is 0 Å². The molecule has 0 radical (unpaired) electrons. The zero-order chi connectivity index (χ0) is 20.7. The van der Waals surface area contributed by atoms with Crippen LogP contribution in [0.2, 0.25) is 5.02 Å². The van der Waals surface area contributed by atoms with Crippen molar-refractivity contribution < 1.29 is 4.79 Å². The van der Waals surface area contributed by atoms with Gasteiger partial charge in [-0.2, -0.15) is 4.98 Å². The first-order chi connectivity index (χ1) is 14.5. The van der Waals surface area contributed by atoms with Crippen LogP contribution < -0.4 is 0 Å². The first-order valence-electron chi connectivity index (χ1n) is 9.78. The van der Waals surface area contributed by atoms with Gasteiger partial charge in [-0.1, -0.05) is 65.3 Å². The first kappa shape index (κ1) is 19.3. The van der Waals surface area contributed by atoms with Crippen molar-refractivity contribution in [1.82, 2.24) is 19.6 Å². The summed E-state index contributed by atoms with van der Waals surface area (Å²) in [4.78, 5) is 22.0. The molecule has 0 unspecified atom stereocenters. The van der Waals surface area contributed by atoms with Crippen LogP contribution in [0.5, 0.6) is 0 Å². The Bertz CT molecular complexity index is 1250. The third kappa shape index (κ3) is 3.85. The second-order valence-corrected chi connectivity index (χ2v) is 8.98. The predicted molar refractivity (Wildman–Crippen MR) is 118 cm³/mol. The summed E-state index contributed by atoms with van der Waals surface area (Å²) in [6.07, 6.45) is 2.95. The summed E-state index contributed by atoms with van der Waals surface area (Å²) in [6.45, 7) is 2.08. The van der Waals surface area contributed by atoms with Crippen LogP contribution in [0.1, 0.15) is 45.1 Å². The fraction of sp³-hybridized carbons (Fsp3) is 0.217. The van der Waals surface area contributed by atoms with E-state index in [1.54, 1.807) is 22.5 Å². The number of hydrogen-bond acceptors (Lipinski definition) is 5. The van der Waals surface area contributed by atoms with Crippen molar-refractivity contribution in [3.8, 4) is 0 Å². The minimum Gasteiger partial charge on any atom is -0.294 e. The van der Waals surface area contributed by atoms with Crippen molar-refractivity contribution in [2.24, 2.45) is 0 Å². The number of benzene rings is 2. The Morgan fingerprint density at radius 3 is 2.77 bits per heavy atom. The highest BCUT2D eigenvalue weighted by molar-refractivity contribution is 7.98.